The van der Waals surface area contributed by atoms with E-state index < -0.39 is 0 Å². The zero-order valence-electron chi connectivity index (χ0n) is 8.61. The van der Waals surface area contributed by atoms with Gasteiger partial charge < -0.3 is 5.48 Å². The van der Waals surface area contributed by atoms with Crippen LogP contribution in [0.2, 0.25) is 0 Å². The van der Waals surface area contributed by atoms with Crippen LogP contribution in [-0.2, 0) is 16.5 Å². The van der Waals surface area contributed by atoms with Crippen LogP contribution in [0.3, 0.4) is 0 Å². The first kappa shape index (κ1) is 14.6. The molecule has 16 heavy (non-hydrogen) atoms. The molecule has 0 atom stereocenters. The summed E-state index contributed by atoms with van der Waals surface area (Å²) in [6, 6.07) is 20.0. The molecule has 0 heterocycles. The van der Waals surface area contributed by atoms with E-state index in [0.29, 0.717) is 0 Å². The fourth-order valence-electron chi connectivity index (χ4n) is 1.20. The van der Waals surface area contributed by atoms with Gasteiger partial charge >= 0.3 is 0 Å². The van der Waals surface area contributed by atoms with Gasteiger partial charge in [-0.15, -0.1) is 0 Å². The largest absolute Gasteiger partial charge is 0.412 e. The molecule has 0 saturated carbocycles. The van der Waals surface area contributed by atoms with E-state index in [1.165, 1.54) is 0 Å². The first-order valence-corrected chi connectivity index (χ1v) is 4.59. The standard InChI is InChI=1S/C13H11N.Ni.H2O/c1-3-7-12(8-4-1)11-14-13-9-5-2-6-10-13;;/h1-11H;;1H2. The van der Waals surface area contributed by atoms with Crippen molar-refractivity contribution < 1.29 is 22.0 Å². The van der Waals surface area contributed by atoms with E-state index in [4.69, 9.17) is 0 Å². The minimum atomic E-state index is 0. The van der Waals surface area contributed by atoms with Gasteiger partial charge in [-0.2, -0.15) is 0 Å². The SMILES string of the molecule is C(=Nc1ccccc1)c1ccccc1.O.[Ni]. The molecule has 0 radical (unpaired) electrons. The van der Waals surface area contributed by atoms with E-state index in [-0.39, 0.29) is 22.0 Å². The topological polar surface area (TPSA) is 43.9 Å². The zero-order chi connectivity index (χ0) is 9.64. The van der Waals surface area contributed by atoms with Crippen LogP contribution in [0.5, 0.6) is 0 Å². The molecule has 0 aliphatic heterocycles. The number of rotatable bonds is 2. The minimum absolute atomic E-state index is 0. The maximum Gasteiger partial charge on any atom is 0.0629 e. The summed E-state index contributed by atoms with van der Waals surface area (Å²) < 4.78 is 0. The second-order valence-corrected chi connectivity index (χ2v) is 3.00. The summed E-state index contributed by atoms with van der Waals surface area (Å²) >= 11 is 0. The van der Waals surface area contributed by atoms with Gasteiger partial charge in [-0.3, -0.25) is 4.99 Å². The predicted octanol–water partition coefficient (Wildman–Crippen LogP) is 2.61. The number of para-hydroxylation sites is 1. The number of aliphatic imine (C=N–C) groups is 1. The van der Waals surface area contributed by atoms with E-state index in [9.17, 15) is 0 Å². The van der Waals surface area contributed by atoms with Gasteiger partial charge in [-0.25, -0.2) is 0 Å². The predicted molar refractivity (Wildman–Crippen MR) is 63.8 cm³/mol. The first-order valence-electron chi connectivity index (χ1n) is 4.59. The Morgan fingerprint density at radius 3 is 1.81 bits per heavy atom. The van der Waals surface area contributed by atoms with Crippen LogP contribution in [-0.4, -0.2) is 11.7 Å². The summed E-state index contributed by atoms with van der Waals surface area (Å²) in [4.78, 5) is 4.35. The summed E-state index contributed by atoms with van der Waals surface area (Å²) in [5, 5.41) is 0. The molecule has 2 nitrogen and oxygen atoms in total. The Balaban J connectivity index is 0.00000112. The van der Waals surface area contributed by atoms with Crippen molar-refractivity contribution >= 4 is 11.9 Å². The van der Waals surface area contributed by atoms with Gasteiger partial charge in [0.2, 0.25) is 0 Å². The third kappa shape index (κ3) is 4.39. The fourth-order valence-corrected chi connectivity index (χ4v) is 1.20. The van der Waals surface area contributed by atoms with Gasteiger partial charge in [0.25, 0.3) is 0 Å². The quantitative estimate of drug-likeness (QED) is 0.587. The van der Waals surface area contributed by atoms with Crippen molar-refractivity contribution in [2.24, 2.45) is 4.99 Å². The molecule has 0 bridgehead atoms. The van der Waals surface area contributed by atoms with Gasteiger partial charge in [0.15, 0.2) is 0 Å². The van der Waals surface area contributed by atoms with Gasteiger partial charge in [0, 0.05) is 22.7 Å². The van der Waals surface area contributed by atoms with Crippen LogP contribution in [0.25, 0.3) is 0 Å². The fraction of sp³-hybridized carbons (Fsp3) is 0. The van der Waals surface area contributed by atoms with E-state index in [2.05, 4.69) is 4.99 Å². The van der Waals surface area contributed by atoms with Crippen molar-refractivity contribution in [3.05, 3.63) is 66.2 Å². The summed E-state index contributed by atoms with van der Waals surface area (Å²) in [6.45, 7) is 0. The van der Waals surface area contributed by atoms with Crippen LogP contribution >= 0.6 is 0 Å². The number of nitrogens with zero attached hydrogens (tertiary/aromatic N) is 1. The average molecular weight is 258 g/mol. The van der Waals surface area contributed by atoms with Crippen molar-refractivity contribution in [3.8, 4) is 0 Å². The molecule has 0 spiro atoms. The molecule has 0 aliphatic rings. The Bertz CT molecular complexity index is 373. The van der Waals surface area contributed by atoms with E-state index in [1.54, 1.807) is 0 Å². The minimum Gasteiger partial charge on any atom is -0.412 e. The van der Waals surface area contributed by atoms with E-state index in [1.807, 2.05) is 66.9 Å². The van der Waals surface area contributed by atoms with Crippen molar-refractivity contribution in [1.82, 2.24) is 0 Å². The number of hydrogen-bond acceptors (Lipinski definition) is 1. The Kier molecular flexibility index (Phi) is 7.10. The Morgan fingerprint density at radius 1 is 0.750 bits per heavy atom. The van der Waals surface area contributed by atoms with Gasteiger partial charge in [0.1, 0.15) is 0 Å². The molecule has 0 unspecified atom stereocenters. The van der Waals surface area contributed by atoms with Crippen molar-refractivity contribution in [2.45, 2.75) is 0 Å². The number of hydrogen-bond donors (Lipinski definition) is 0. The summed E-state index contributed by atoms with van der Waals surface area (Å²) in [7, 11) is 0. The van der Waals surface area contributed by atoms with Crippen molar-refractivity contribution in [1.29, 1.82) is 0 Å². The molecule has 86 valence electrons. The third-order valence-corrected chi connectivity index (χ3v) is 1.92. The second kappa shape index (κ2) is 7.80. The molecular formula is C13H13NNiO. The maximum atomic E-state index is 4.35. The molecule has 2 aromatic carbocycles. The summed E-state index contributed by atoms with van der Waals surface area (Å²) in [6.07, 6.45) is 1.87. The molecule has 0 amide bonds. The van der Waals surface area contributed by atoms with Crippen molar-refractivity contribution in [2.75, 3.05) is 0 Å². The Labute approximate surface area is 105 Å². The molecule has 0 aliphatic carbocycles. The molecule has 0 saturated heterocycles. The van der Waals surface area contributed by atoms with Gasteiger partial charge in [-0.1, -0.05) is 48.5 Å². The van der Waals surface area contributed by atoms with Gasteiger partial charge in [-0.05, 0) is 17.7 Å². The van der Waals surface area contributed by atoms with E-state index >= 15 is 0 Å². The monoisotopic (exact) mass is 257 g/mol. The average Bonchev–Trinajstić information content (AvgIpc) is 2.29. The third-order valence-electron chi connectivity index (χ3n) is 1.92. The summed E-state index contributed by atoms with van der Waals surface area (Å²) in [5.41, 5.74) is 2.10. The molecule has 2 rings (SSSR count). The van der Waals surface area contributed by atoms with Gasteiger partial charge in [0.05, 0.1) is 5.69 Å². The smallest absolute Gasteiger partial charge is 0.0629 e. The Hall–Kier alpha value is -1.44. The molecule has 2 N–H and O–H groups in total. The molecule has 0 fully saturated rings. The molecule has 0 aromatic heterocycles. The van der Waals surface area contributed by atoms with Crippen LogP contribution < -0.4 is 0 Å². The Morgan fingerprint density at radius 2 is 1.25 bits per heavy atom. The molecule has 3 heteroatoms. The second-order valence-electron chi connectivity index (χ2n) is 3.00. The van der Waals surface area contributed by atoms with Crippen LogP contribution in [0.1, 0.15) is 5.56 Å². The maximum absolute atomic E-state index is 4.35. The molecular weight excluding hydrogens is 245 g/mol. The zero-order valence-corrected chi connectivity index (χ0v) is 9.60. The van der Waals surface area contributed by atoms with Crippen molar-refractivity contribution in [3.63, 3.8) is 0 Å². The van der Waals surface area contributed by atoms with E-state index in [0.717, 1.165) is 11.3 Å². The number of benzene rings is 2. The summed E-state index contributed by atoms with van der Waals surface area (Å²) in [5.74, 6) is 0. The molecule has 2 aromatic rings. The van der Waals surface area contributed by atoms with Crippen LogP contribution in [0.4, 0.5) is 5.69 Å². The normalized spacial score (nSPS) is 9.25. The van der Waals surface area contributed by atoms with Crippen LogP contribution in [0, 0.1) is 0 Å². The first-order chi connectivity index (χ1) is 6.95. The van der Waals surface area contributed by atoms with Crippen LogP contribution in [0.15, 0.2) is 65.7 Å².